The van der Waals surface area contributed by atoms with Crippen LogP contribution in [0.3, 0.4) is 0 Å². The molecule has 11 nitrogen and oxygen atoms in total. The summed E-state index contributed by atoms with van der Waals surface area (Å²) in [5.74, 6) is 1.58. The van der Waals surface area contributed by atoms with Crippen LogP contribution in [0.5, 0.6) is 0 Å². The zero-order chi connectivity index (χ0) is 40.7. The summed E-state index contributed by atoms with van der Waals surface area (Å²) in [4.78, 5) is 57.3. The summed E-state index contributed by atoms with van der Waals surface area (Å²) in [5.41, 5.74) is 12.5. The second-order valence-corrected chi connectivity index (χ2v) is 16.9. The van der Waals surface area contributed by atoms with Gasteiger partial charge in [0.25, 0.3) is 11.8 Å². The molecule has 8 rings (SSSR count). The molecule has 1 aromatic heterocycles. The molecule has 2 aliphatic carbocycles. The molecule has 3 aromatic rings. The van der Waals surface area contributed by atoms with E-state index in [1.54, 1.807) is 48.6 Å². The van der Waals surface area contributed by atoms with E-state index in [9.17, 15) is 18.8 Å². The summed E-state index contributed by atoms with van der Waals surface area (Å²) in [6.45, 7) is 2.14. The van der Waals surface area contributed by atoms with E-state index in [1.807, 2.05) is 35.2 Å². The normalized spacial score (nSPS) is 24.2. The Hall–Kier alpha value is -5.13. The number of benzene rings is 2. The van der Waals surface area contributed by atoms with Gasteiger partial charge in [0.2, 0.25) is 5.91 Å². The fourth-order valence-corrected chi connectivity index (χ4v) is 9.80. The van der Waals surface area contributed by atoms with E-state index in [2.05, 4.69) is 9.98 Å². The van der Waals surface area contributed by atoms with Crippen molar-refractivity contribution in [2.45, 2.75) is 114 Å². The highest BCUT2D eigenvalue weighted by molar-refractivity contribution is 6.09. The lowest BCUT2D eigenvalue weighted by atomic mass is 9.75. The lowest BCUT2D eigenvalue weighted by molar-refractivity contribution is -0.132. The van der Waals surface area contributed by atoms with Crippen LogP contribution in [0.15, 0.2) is 83.0 Å². The van der Waals surface area contributed by atoms with Crippen molar-refractivity contribution < 1.29 is 18.8 Å². The van der Waals surface area contributed by atoms with Crippen molar-refractivity contribution >= 4 is 29.6 Å². The van der Waals surface area contributed by atoms with Gasteiger partial charge in [0, 0.05) is 56.6 Å². The summed E-state index contributed by atoms with van der Waals surface area (Å²) in [6.07, 6.45) is 21.4. The van der Waals surface area contributed by atoms with Crippen molar-refractivity contribution in [3.8, 4) is 11.1 Å². The van der Waals surface area contributed by atoms with Crippen molar-refractivity contribution in [2.75, 3.05) is 26.7 Å². The Morgan fingerprint density at radius 1 is 0.776 bits per heavy atom. The number of rotatable bonds is 12. The summed E-state index contributed by atoms with van der Waals surface area (Å²) in [6, 6.07) is 17.2. The number of likely N-dealkylation sites (N-methyl/N-ethyl adjacent to an activating group) is 1. The second-order valence-electron chi connectivity index (χ2n) is 16.9. The maximum absolute atomic E-state index is 14.5. The summed E-state index contributed by atoms with van der Waals surface area (Å²) in [5, 5.41) is 0. The third kappa shape index (κ3) is 8.66. The number of aromatic nitrogens is 1. The van der Waals surface area contributed by atoms with E-state index in [1.165, 1.54) is 75.2 Å². The van der Waals surface area contributed by atoms with Crippen molar-refractivity contribution in [2.24, 2.45) is 33.3 Å². The van der Waals surface area contributed by atoms with Gasteiger partial charge in [0.1, 0.15) is 11.4 Å². The van der Waals surface area contributed by atoms with Gasteiger partial charge in [0.15, 0.2) is 17.5 Å². The second kappa shape index (κ2) is 18.2. The van der Waals surface area contributed by atoms with E-state index in [-0.39, 0.29) is 23.7 Å². The van der Waals surface area contributed by atoms with Crippen LogP contribution in [0.4, 0.5) is 4.39 Å². The molecule has 12 heteroatoms. The molecule has 0 spiro atoms. The molecule has 308 valence electrons. The minimum Gasteiger partial charge on any atom is -0.369 e. The van der Waals surface area contributed by atoms with Crippen molar-refractivity contribution in [3.05, 3.63) is 90.0 Å². The molecule has 2 atom stereocenters. The summed E-state index contributed by atoms with van der Waals surface area (Å²) < 4.78 is 14.5. The number of hydrogen-bond donors (Lipinski definition) is 2. The third-order valence-corrected chi connectivity index (χ3v) is 13.1. The first kappa shape index (κ1) is 41.0. The molecular weight excluding hydrogens is 732 g/mol. The Morgan fingerprint density at radius 3 is 2.14 bits per heavy atom. The van der Waals surface area contributed by atoms with Crippen molar-refractivity contribution in [1.29, 1.82) is 0 Å². The van der Waals surface area contributed by atoms with Crippen molar-refractivity contribution in [1.82, 2.24) is 19.7 Å². The topological polar surface area (TPSA) is 151 Å². The van der Waals surface area contributed by atoms with Crippen LogP contribution in [0, 0.1) is 17.7 Å². The number of amides is 3. The minimum absolute atomic E-state index is 0.121. The van der Waals surface area contributed by atoms with Gasteiger partial charge >= 0.3 is 0 Å². The number of nitrogens with two attached hydrogens (primary N) is 2. The molecule has 1 saturated heterocycles. The predicted molar refractivity (Wildman–Crippen MR) is 225 cm³/mol. The number of hydrogen-bond acceptors (Lipinski definition) is 8. The first-order valence-corrected chi connectivity index (χ1v) is 21.5. The Bertz CT molecular complexity index is 1980. The highest BCUT2D eigenvalue weighted by Gasteiger charge is 2.50. The number of pyridine rings is 1. The lowest BCUT2D eigenvalue weighted by Crippen LogP contribution is -2.46. The standard InChI is InChI=1S/C25H42N4O2.C21H17FN4O/c26-24-27-25(19-21-11-5-2-6-12-21,15-14-20-9-3-1-4-10-20)23(31)29(24)18-8-17-28-16-7-13-22(28)30;1-26-19(27)21(25-20(26)23,15-7-3-2-4-8-15)16-9-10-18(22)17(12-16)14-6-5-11-24-13-14/h20-21H,1-19H2,(H2,26,27);2-13H,1H3,(H2,23,25)/t25-;/m1./s1. The maximum Gasteiger partial charge on any atom is 0.266 e. The van der Waals surface area contributed by atoms with Gasteiger partial charge < -0.3 is 16.4 Å². The third-order valence-electron chi connectivity index (χ3n) is 13.1. The average molecular weight is 791 g/mol. The number of likely N-dealkylation sites (tertiary alicyclic amines) is 1. The lowest BCUT2D eigenvalue weighted by Gasteiger charge is -2.33. The molecule has 58 heavy (non-hydrogen) atoms. The molecule has 1 unspecified atom stereocenters. The molecule has 0 radical (unpaired) electrons. The fourth-order valence-electron chi connectivity index (χ4n) is 9.80. The van der Waals surface area contributed by atoms with E-state index in [4.69, 9.17) is 16.5 Å². The van der Waals surface area contributed by atoms with Gasteiger partial charge in [-0.1, -0.05) is 107 Å². The molecule has 4 N–H and O–H groups in total. The number of guanidine groups is 2. The van der Waals surface area contributed by atoms with Crippen LogP contribution in [0.2, 0.25) is 0 Å². The number of aliphatic imine (C=N–C) groups is 2. The highest BCUT2D eigenvalue weighted by Crippen LogP contribution is 2.42. The Morgan fingerprint density at radius 2 is 1.50 bits per heavy atom. The number of carbonyl (C=O) groups is 3. The number of halogens is 1. The van der Waals surface area contributed by atoms with Gasteiger partial charge in [0.05, 0.1) is 0 Å². The van der Waals surface area contributed by atoms with E-state index >= 15 is 0 Å². The quantitative estimate of drug-likeness (QED) is 0.199. The highest BCUT2D eigenvalue weighted by atomic mass is 19.1. The monoisotopic (exact) mass is 790 g/mol. The van der Waals surface area contributed by atoms with E-state index < -0.39 is 16.9 Å². The Balaban J connectivity index is 0.000000178. The smallest absolute Gasteiger partial charge is 0.266 e. The Labute approximate surface area is 342 Å². The summed E-state index contributed by atoms with van der Waals surface area (Å²) in [7, 11) is 1.58. The van der Waals surface area contributed by atoms with Crippen LogP contribution < -0.4 is 11.5 Å². The van der Waals surface area contributed by atoms with Gasteiger partial charge in [-0.2, -0.15) is 0 Å². The first-order valence-electron chi connectivity index (χ1n) is 21.5. The largest absolute Gasteiger partial charge is 0.369 e. The molecule has 2 saturated carbocycles. The van der Waals surface area contributed by atoms with Crippen molar-refractivity contribution in [3.63, 3.8) is 0 Å². The van der Waals surface area contributed by atoms with Crippen LogP contribution >= 0.6 is 0 Å². The fraction of sp³-hybridized carbons (Fsp3) is 0.522. The van der Waals surface area contributed by atoms with Crippen LogP contribution in [-0.2, 0) is 19.9 Å². The zero-order valence-corrected chi connectivity index (χ0v) is 34.0. The maximum atomic E-state index is 14.5. The van der Waals surface area contributed by atoms with Gasteiger partial charge in [-0.15, -0.1) is 0 Å². The van der Waals surface area contributed by atoms with Gasteiger partial charge in [-0.25, -0.2) is 14.4 Å². The Kier molecular flexibility index (Phi) is 12.9. The molecule has 0 bridgehead atoms. The molecule has 5 aliphatic rings. The molecule has 4 heterocycles. The molecule has 3 fully saturated rings. The molecule has 3 amide bonds. The number of carbonyl (C=O) groups excluding carboxylic acids is 3. The van der Waals surface area contributed by atoms with Gasteiger partial charge in [-0.3, -0.25) is 29.2 Å². The molecule has 3 aliphatic heterocycles. The van der Waals surface area contributed by atoms with Crippen LogP contribution in [-0.4, -0.2) is 81.5 Å². The SMILES string of the molecule is CN1C(=O)C(c2ccccc2)(c2ccc(F)c(-c3cccnc3)c2)N=C1N.NC1=N[C@](CCC2CCCCC2)(CC2CCCCC2)C(=O)N1CCCN1CCCC1=O. The van der Waals surface area contributed by atoms with E-state index in [0.717, 1.165) is 44.6 Å². The van der Waals surface area contributed by atoms with Crippen LogP contribution in [0.1, 0.15) is 114 Å². The van der Waals surface area contributed by atoms with Crippen LogP contribution in [0.25, 0.3) is 11.1 Å². The predicted octanol–water partition coefficient (Wildman–Crippen LogP) is 7.14. The molecular formula is C46H59FN8O3. The summed E-state index contributed by atoms with van der Waals surface area (Å²) >= 11 is 0. The van der Waals surface area contributed by atoms with Gasteiger partial charge in [-0.05, 0) is 73.3 Å². The van der Waals surface area contributed by atoms with E-state index in [0.29, 0.717) is 53.6 Å². The number of nitrogens with zero attached hydrogens (tertiary/aromatic N) is 6. The average Bonchev–Trinajstić information content (AvgIpc) is 3.85. The zero-order valence-electron chi connectivity index (χ0n) is 34.0. The first-order chi connectivity index (χ1) is 28.1. The minimum atomic E-state index is -1.34. The molecule has 2 aromatic carbocycles.